The summed E-state index contributed by atoms with van der Waals surface area (Å²) in [5.74, 6) is 0.618. The Hall–Kier alpha value is -2.58. The van der Waals surface area contributed by atoms with Crippen LogP contribution in [-0.2, 0) is 10.3 Å². The first-order valence-corrected chi connectivity index (χ1v) is 10.7. The highest BCUT2D eigenvalue weighted by atomic mass is 79.9. The highest BCUT2D eigenvalue weighted by molar-refractivity contribution is 9.10. The van der Waals surface area contributed by atoms with Crippen LogP contribution in [0.3, 0.4) is 0 Å². The number of benzene rings is 2. The van der Waals surface area contributed by atoms with Gasteiger partial charge in [0.15, 0.2) is 0 Å². The Morgan fingerprint density at radius 2 is 1.77 bits per heavy atom. The largest absolute Gasteiger partial charge is 0.497 e. The average molecular weight is 473 g/mol. The van der Waals surface area contributed by atoms with Crippen molar-refractivity contribution in [3.8, 4) is 5.75 Å². The van der Waals surface area contributed by atoms with Crippen LogP contribution in [0.1, 0.15) is 12.5 Å². The summed E-state index contributed by atoms with van der Waals surface area (Å²) in [7, 11) is 1.66. The number of methoxy groups -OCH3 is 1. The molecule has 1 atom stereocenters. The zero-order valence-corrected chi connectivity index (χ0v) is 18.7. The maximum absolute atomic E-state index is 13.1. The summed E-state index contributed by atoms with van der Waals surface area (Å²) >= 11 is 3.44. The lowest BCUT2D eigenvalue weighted by Crippen LogP contribution is -2.51. The van der Waals surface area contributed by atoms with Gasteiger partial charge in [0.25, 0.3) is 5.91 Å². The van der Waals surface area contributed by atoms with E-state index in [1.165, 1.54) is 4.90 Å². The highest BCUT2D eigenvalue weighted by Crippen LogP contribution is 2.30. The number of carbonyl (C=O) groups excluding carboxylic acids is 2. The van der Waals surface area contributed by atoms with Crippen molar-refractivity contribution in [2.45, 2.75) is 12.5 Å². The lowest BCUT2D eigenvalue weighted by Gasteiger charge is -2.37. The number of piperazine rings is 1. The Morgan fingerprint density at radius 3 is 2.40 bits per heavy atom. The van der Waals surface area contributed by atoms with Crippen LogP contribution in [0.2, 0.25) is 0 Å². The molecule has 0 aromatic heterocycles. The minimum absolute atomic E-state index is 0.219. The second-order valence-corrected chi connectivity index (χ2v) is 8.66. The van der Waals surface area contributed by atoms with Gasteiger partial charge in [0.1, 0.15) is 11.3 Å². The van der Waals surface area contributed by atoms with Crippen molar-refractivity contribution in [2.75, 3.05) is 44.9 Å². The van der Waals surface area contributed by atoms with E-state index in [1.807, 2.05) is 36.4 Å². The molecule has 2 heterocycles. The summed E-state index contributed by atoms with van der Waals surface area (Å²) in [6.45, 7) is 5.27. The van der Waals surface area contributed by atoms with Gasteiger partial charge in [-0.2, -0.15) is 0 Å². The molecule has 7 nitrogen and oxygen atoms in total. The van der Waals surface area contributed by atoms with Crippen LogP contribution < -0.4 is 15.0 Å². The number of nitrogens with zero attached hydrogens (tertiary/aromatic N) is 3. The first kappa shape index (κ1) is 20.7. The maximum atomic E-state index is 13.1. The van der Waals surface area contributed by atoms with Crippen LogP contribution in [-0.4, -0.2) is 61.7 Å². The van der Waals surface area contributed by atoms with Crippen LogP contribution in [0, 0.1) is 0 Å². The number of amides is 3. The minimum atomic E-state index is -1.05. The molecule has 3 amide bonds. The zero-order chi connectivity index (χ0) is 21.3. The van der Waals surface area contributed by atoms with Crippen LogP contribution >= 0.6 is 15.9 Å². The fourth-order valence-electron chi connectivity index (χ4n) is 3.96. The van der Waals surface area contributed by atoms with Gasteiger partial charge in [-0.05, 0) is 48.9 Å². The van der Waals surface area contributed by atoms with Crippen LogP contribution in [0.5, 0.6) is 5.75 Å². The molecular formula is C22H25BrN4O3. The van der Waals surface area contributed by atoms with E-state index in [1.54, 1.807) is 14.0 Å². The van der Waals surface area contributed by atoms with Crippen molar-refractivity contribution < 1.29 is 14.3 Å². The number of nitrogens with one attached hydrogen (secondary N) is 1. The van der Waals surface area contributed by atoms with Gasteiger partial charge in [-0.1, -0.05) is 28.1 Å². The molecule has 1 N–H and O–H groups in total. The normalized spacial score (nSPS) is 22.4. The van der Waals surface area contributed by atoms with Gasteiger partial charge in [-0.15, -0.1) is 0 Å². The van der Waals surface area contributed by atoms with E-state index >= 15 is 0 Å². The van der Waals surface area contributed by atoms with Gasteiger partial charge in [0.2, 0.25) is 0 Å². The Morgan fingerprint density at radius 1 is 1.07 bits per heavy atom. The van der Waals surface area contributed by atoms with Gasteiger partial charge in [-0.25, -0.2) is 9.69 Å². The molecule has 2 saturated heterocycles. The van der Waals surface area contributed by atoms with E-state index in [0.29, 0.717) is 6.67 Å². The Labute approximate surface area is 184 Å². The van der Waals surface area contributed by atoms with Crippen molar-refractivity contribution in [1.29, 1.82) is 0 Å². The van der Waals surface area contributed by atoms with E-state index in [4.69, 9.17) is 4.74 Å². The van der Waals surface area contributed by atoms with Crippen molar-refractivity contribution in [2.24, 2.45) is 0 Å². The number of anilines is 1. The lowest BCUT2D eigenvalue weighted by atomic mass is 9.92. The molecule has 2 aliphatic heterocycles. The van der Waals surface area contributed by atoms with E-state index in [9.17, 15) is 9.59 Å². The lowest BCUT2D eigenvalue weighted by molar-refractivity contribution is -0.132. The fourth-order valence-corrected chi connectivity index (χ4v) is 4.36. The quantitative estimate of drug-likeness (QED) is 0.677. The third kappa shape index (κ3) is 3.89. The van der Waals surface area contributed by atoms with Gasteiger partial charge >= 0.3 is 6.03 Å². The van der Waals surface area contributed by atoms with E-state index in [0.717, 1.165) is 47.7 Å². The second kappa shape index (κ2) is 8.28. The topological polar surface area (TPSA) is 65.1 Å². The van der Waals surface area contributed by atoms with Crippen molar-refractivity contribution in [3.05, 3.63) is 58.6 Å². The smallest absolute Gasteiger partial charge is 0.326 e. The third-order valence-corrected chi connectivity index (χ3v) is 6.32. The second-order valence-electron chi connectivity index (χ2n) is 7.74. The number of rotatable bonds is 5. The molecule has 2 aromatic carbocycles. The molecule has 2 aliphatic rings. The minimum Gasteiger partial charge on any atom is -0.497 e. The summed E-state index contributed by atoms with van der Waals surface area (Å²) in [4.78, 5) is 31.5. The molecule has 30 heavy (non-hydrogen) atoms. The molecule has 0 unspecified atom stereocenters. The molecule has 0 radical (unpaired) electrons. The summed E-state index contributed by atoms with van der Waals surface area (Å²) in [6.07, 6.45) is 0. The number of carbonyl (C=O) groups is 2. The number of hydrogen-bond acceptors (Lipinski definition) is 5. The fraction of sp³-hybridized carbons (Fsp3) is 0.364. The first-order valence-electron chi connectivity index (χ1n) is 9.92. The summed E-state index contributed by atoms with van der Waals surface area (Å²) in [5, 5.41) is 2.88. The number of hydrogen-bond donors (Lipinski definition) is 1. The molecule has 0 spiro atoms. The number of imide groups is 1. The van der Waals surface area contributed by atoms with Gasteiger partial charge < -0.3 is 15.0 Å². The van der Waals surface area contributed by atoms with Crippen LogP contribution in [0.15, 0.2) is 53.0 Å². The van der Waals surface area contributed by atoms with Gasteiger partial charge in [0, 0.05) is 36.3 Å². The van der Waals surface area contributed by atoms with E-state index < -0.39 is 5.54 Å². The highest BCUT2D eigenvalue weighted by Gasteiger charge is 2.49. The maximum Gasteiger partial charge on any atom is 0.326 e. The summed E-state index contributed by atoms with van der Waals surface area (Å²) in [5.41, 5.74) is 0.862. The van der Waals surface area contributed by atoms with Crippen molar-refractivity contribution >= 4 is 33.6 Å². The van der Waals surface area contributed by atoms with E-state index in [-0.39, 0.29) is 11.9 Å². The molecule has 4 rings (SSSR count). The van der Waals surface area contributed by atoms with Gasteiger partial charge in [-0.3, -0.25) is 9.69 Å². The van der Waals surface area contributed by atoms with E-state index in [2.05, 4.69) is 43.2 Å². The Kier molecular flexibility index (Phi) is 5.71. The van der Waals surface area contributed by atoms with Gasteiger partial charge in [0.05, 0.1) is 13.8 Å². The summed E-state index contributed by atoms with van der Waals surface area (Å²) in [6, 6.07) is 15.2. The number of urea groups is 1. The monoisotopic (exact) mass is 472 g/mol. The molecule has 0 saturated carbocycles. The molecular weight excluding hydrogens is 448 g/mol. The Balaban J connectivity index is 1.39. The molecule has 0 aliphatic carbocycles. The summed E-state index contributed by atoms with van der Waals surface area (Å²) < 4.78 is 6.09. The third-order valence-electron chi connectivity index (χ3n) is 5.83. The molecule has 2 aromatic rings. The Bertz CT molecular complexity index is 944. The predicted octanol–water partition coefficient (Wildman–Crippen LogP) is 3.00. The molecule has 8 heteroatoms. The predicted molar refractivity (Wildman–Crippen MR) is 119 cm³/mol. The molecule has 158 valence electrons. The zero-order valence-electron chi connectivity index (χ0n) is 17.1. The number of ether oxygens (including phenoxy) is 1. The van der Waals surface area contributed by atoms with Crippen molar-refractivity contribution in [1.82, 2.24) is 15.1 Å². The SMILES string of the molecule is COc1ccc(N2CCN(CN3C(=O)N[C@](C)(c4cccc(Br)c4)C3=O)CC2)cc1. The van der Waals surface area contributed by atoms with Crippen molar-refractivity contribution in [3.63, 3.8) is 0 Å². The van der Waals surface area contributed by atoms with Crippen LogP contribution in [0.4, 0.5) is 10.5 Å². The molecule has 0 bridgehead atoms. The van der Waals surface area contributed by atoms with Crippen LogP contribution in [0.25, 0.3) is 0 Å². The number of halogens is 1. The standard InChI is InChI=1S/C22H25BrN4O3/c1-22(16-4-3-5-17(23)14-16)20(28)27(21(29)24-22)15-25-10-12-26(13-11-25)18-6-8-19(30-2)9-7-18/h3-9,14H,10-13,15H2,1-2H3,(H,24,29)/t22-/m1/s1. The first-order chi connectivity index (χ1) is 14.4. The molecule has 2 fully saturated rings. The average Bonchev–Trinajstić information content (AvgIpc) is 2.98.